The molecule has 4 fully saturated rings. The number of carbonyl (C=O) groups is 4. The van der Waals surface area contributed by atoms with Crippen LogP contribution >= 0.6 is 0 Å². The Hall–Kier alpha value is -2.28. The van der Waals surface area contributed by atoms with E-state index >= 15 is 0 Å². The standard InChI is InChI=1S/C51H92N4O8/c1-30(2)39-22-34(26-48(9,10)52-39)60-43(56)21-19-17-18-20-38(45(57)61-35-23-40(31(3)4)53-49(11,12)27-35)44(46(58)62-36-24-41(32(5)6)54-50(13,14)28-36)47(59)63-37-25-42(33(7)8)55-51(15,16)29-37/h30-42,44,52-55H,17-29H2,1-16H3. The topological polar surface area (TPSA) is 153 Å². The number of nitrogens with one attached hydrogen (secondary N) is 4. The van der Waals surface area contributed by atoms with E-state index in [1.807, 2.05) is 0 Å². The van der Waals surface area contributed by atoms with Crippen molar-refractivity contribution < 1.29 is 38.1 Å². The second kappa shape index (κ2) is 22.0. The molecule has 0 aromatic heterocycles. The van der Waals surface area contributed by atoms with E-state index in [1.165, 1.54) is 0 Å². The molecule has 9 atom stereocenters. The lowest BCUT2D eigenvalue weighted by Gasteiger charge is -2.44. The minimum Gasteiger partial charge on any atom is -0.462 e. The first-order valence-corrected chi connectivity index (χ1v) is 25.0. The molecule has 0 bridgehead atoms. The van der Waals surface area contributed by atoms with E-state index < -0.39 is 48.1 Å². The highest BCUT2D eigenvalue weighted by Crippen LogP contribution is 2.35. The van der Waals surface area contributed by atoms with E-state index in [4.69, 9.17) is 18.9 Å². The van der Waals surface area contributed by atoms with E-state index in [0.717, 1.165) is 12.8 Å². The molecule has 4 aliphatic rings. The van der Waals surface area contributed by atoms with Gasteiger partial charge in [-0.1, -0.05) is 68.2 Å². The molecule has 63 heavy (non-hydrogen) atoms. The Balaban J connectivity index is 1.59. The van der Waals surface area contributed by atoms with Crippen LogP contribution in [0.4, 0.5) is 0 Å². The summed E-state index contributed by atoms with van der Waals surface area (Å²) in [6.45, 7) is 34.3. The third kappa shape index (κ3) is 16.5. The lowest BCUT2D eigenvalue weighted by Crippen LogP contribution is -2.57. The fraction of sp³-hybridized carbons (Fsp3) is 0.922. The second-order valence-corrected chi connectivity index (χ2v) is 24.2. The molecule has 0 aromatic rings. The highest BCUT2D eigenvalue weighted by Gasteiger charge is 2.48. The van der Waals surface area contributed by atoms with E-state index in [-0.39, 0.29) is 71.2 Å². The van der Waals surface area contributed by atoms with Crippen molar-refractivity contribution in [3.63, 3.8) is 0 Å². The fourth-order valence-electron chi connectivity index (χ4n) is 11.0. The average Bonchev–Trinajstić information content (AvgIpc) is 3.11. The molecular weight excluding hydrogens is 797 g/mol. The van der Waals surface area contributed by atoms with Gasteiger partial charge in [-0.25, -0.2) is 0 Å². The van der Waals surface area contributed by atoms with E-state index in [2.05, 4.69) is 132 Å². The van der Waals surface area contributed by atoms with Crippen LogP contribution in [0.3, 0.4) is 0 Å². The highest BCUT2D eigenvalue weighted by atomic mass is 16.6. The zero-order valence-electron chi connectivity index (χ0n) is 42.5. The predicted octanol–water partition coefficient (Wildman–Crippen LogP) is 8.56. The molecule has 0 amide bonds. The Morgan fingerprint density at radius 1 is 0.444 bits per heavy atom. The molecule has 0 aliphatic carbocycles. The van der Waals surface area contributed by atoms with E-state index in [1.54, 1.807) is 0 Å². The van der Waals surface area contributed by atoms with Crippen LogP contribution in [0.1, 0.15) is 194 Å². The van der Waals surface area contributed by atoms with Gasteiger partial charge < -0.3 is 40.2 Å². The zero-order chi connectivity index (χ0) is 47.2. The highest BCUT2D eigenvalue weighted by molar-refractivity contribution is 5.99. The van der Waals surface area contributed by atoms with Crippen LogP contribution in [0, 0.1) is 35.5 Å². The third-order valence-electron chi connectivity index (χ3n) is 14.3. The summed E-state index contributed by atoms with van der Waals surface area (Å²) in [6.07, 6.45) is 5.83. The summed E-state index contributed by atoms with van der Waals surface area (Å²) in [7, 11) is 0. The molecule has 0 radical (unpaired) electrons. The summed E-state index contributed by atoms with van der Waals surface area (Å²) in [5, 5.41) is 14.8. The largest absolute Gasteiger partial charge is 0.462 e. The first-order chi connectivity index (χ1) is 29.0. The molecule has 12 heteroatoms. The summed E-state index contributed by atoms with van der Waals surface area (Å²) < 4.78 is 25.2. The molecule has 4 saturated heterocycles. The maximum absolute atomic E-state index is 14.8. The molecule has 0 saturated carbocycles. The van der Waals surface area contributed by atoms with Gasteiger partial charge in [-0.2, -0.15) is 0 Å². The van der Waals surface area contributed by atoms with Crippen molar-refractivity contribution in [2.75, 3.05) is 0 Å². The van der Waals surface area contributed by atoms with Crippen molar-refractivity contribution in [2.24, 2.45) is 35.5 Å². The number of ether oxygens (including phenoxy) is 4. The van der Waals surface area contributed by atoms with Gasteiger partial charge in [0.05, 0.1) is 5.92 Å². The van der Waals surface area contributed by atoms with Gasteiger partial charge in [-0.15, -0.1) is 0 Å². The molecule has 364 valence electrons. The lowest BCUT2D eigenvalue weighted by atomic mass is 9.82. The Morgan fingerprint density at radius 3 is 1.06 bits per heavy atom. The normalized spacial score (nSPS) is 31.3. The molecule has 12 nitrogen and oxygen atoms in total. The zero-order valence-corrected chi connectivity index (χ0v) is 42.5. The van der Waals surface area contributed by atoms with Gasteiger partial charge in [0.1, 0.15) is 24.4 Å². The maximum Gasteiger partial charge on any atom is 0.321 e. The van der Waals surface area contributed by atoms with Crippen LogP contribution in [-0.2, 0) is 38.1 Å². The SMILES string of the molecule is CC(C)C1CC(OC(=O)CCCCCC(C(=O)OC2CC(C(C)C)NC(C)(C)C2)C(C(=O)OC2CC(C(C)C)NC(C)(C)C2)C(=O)OC2CC(C(C)C)NC(C)(C)C2)CC(C)(C)N1. The van der Waals surface area contributed by atoms with Gasteiger partial charge in [0.25, 0.3) is 0 Å². The van der Waals surface area contributed by atoms with Gasteiger partial charge in [0.15, 0.2) is 5.92 Å². The number of hydrogen-bond acceptors (Lipinski definition) is 12. The van der Waals surface area contributed by atoms with Crippen LogP contribution in [0.15, 0.2) is 0 Å². The average molecular weight is 889 g/mol. The Labute approximate surface area is 382 Å². The number of hydrogen-bond donors (Lipinski definition) is 4. The van der Waals surface area contributed by atoms with E-state index in [0.29, 0.717) is 81.5 Å². The number of esters is 4. The molecule has 4 rings (SSSR count). The number of unbranched alkanes of at least 4 members (excludes halogenated alkanes) is 2. The molecular formula is C51H92N4O8. The summed E-state index contributed by atoms with van der Waals surface area (Å²) in [5.74, 6) is -3.51. The quantitative estimate of drug-likeness (QED) is 0.0452. The molecule has 4 aliphatic heterocycles. The third-order valence-corrected chi connectivity index (χ3v) is 14.3. The molecule has 0 spiro atoms. The number of piperidine rings is 4. The van der Waals surface area contributed by atoms with Gasteiger partial charge in [-0.05, 0) is 91.9 Å². The van der Waals surface area contributed by atoms with Crippen LogP contribution < -0.4 is 21.3 Å². The summed E-state index contributed by atoms with van der Waals surface area (Å²) >= 11 is 0. The van der Waals surface area contributed by atoms with Crippen molar-refractivity contribution in [1.29, 1.82) is 0 Å². The summed E-state index contributed by atoms with van der Waals surface area (Å²) in [5.41, 5.74) is -0.993. The molecule has 9 unspecified atom stereocenters. The van der Waals surface area contributed by atoms with Crippen LogP contribution in [0.25, 0.3) is 0 Å². The molecule has 0 aromatic carbocycles. The summed E-state index contributed by atoms with van der Waals surface area (Å²) in [4.78, 5) is 57.6. The number of rotatable bonds is 18. The first kappa shape index (κ1) is 53.3. The van der Waals surface area contributed by atoms with E-state index in [9.17, 15) is 19.2 Å². The van der Waals surface area contributed by atoms with Crippen LogP contribution in [-0.4, -0.2) is 94.6 Å². The monoisotopic (exact) mass is 889 g/mol. The lowest BCUT2D eigenvalue weighted by molar-refractivity contribution is -0.182. The minimum atomic E-state index is -1.50. The molecule has 4 N–H and O–H groups in total. The maximum atomic E-state index is 14.8. The number of carbonyl (C=O) groups excluding carboxylic acids is 4. The summed E-state index contributed by atoms with van der Waals surface area (Å²) in [6, 6.07) is 0.642. The minimum absolute atomic E-state index is 0.115. The molecule has 4 heterocycles. The second-order valence-electron chi connectivity index (χ2n) is 24.2. The Morgan fingerprint density at radius 2 is 0.746 bits per heavy atom. The fourth-order valence-corrected chi connectivity index (χ4v) is 11.0. The van der Waals surface area contributed by atoms with Crippen molar-refractivity contribution in [3.8, 4) is 0 Å². The van der Waals surface area contributed by atoms with Gasteiger partial charge >= 0.3 is 23.9 Å². The van der Waals surface area contributed by atoms with Crippen molar-refractivity contribution in [1.82, 2.24) is 21.3 Å². The smallest absolute Gasteiger partial charge is 0.321 e. The first-order valence-electron chi connectivity index (χ1n) is 25.0. The van der Waals surface area contributed by atoms with Crippen molar-refractivity contribution in [2.45, 2.75) is 265 Å². The Bertz CT molecular complexity index is 1470. The van der Waals surface area contributed by atoms with Crippen LogP contribution in [0.2, 0.25) is 0 Å². The van der Waals surface area contributed by atoms with Crippen molar-refractivity contribution in [3.05, 3.63) is 0 Å². The van der Waals surface area contributed by atoms with Crippen molar-refractivity contribution >= 4 is 23.9 Å². The Kier molecular flexibility index (Phi) is 18.6. The predicted molar refractivity (Wildman–Crippen MR) is 250 cm³/mol. The van der Waals surface area contributed by atoms with Gasteiger partial charge in [0, 0.05) is 104 Å². The van der Waals surface area contributed by atoms with Crippen LogP contribution in [0.5, 0.6) is 0 Å². The van der Waals surface area contributed by atoms with Gasteiger partial charge in [0.2, 0.25) is 0 Å². The van der Waals surface area contributed by atoms with Gasteiger partial charge in [-0.3, -0.25) is 19.2 Å².